The lowest BCUT2D eigenvalue weighted by molar-refractivity contribution is -0.141. The smallest absolute Gasteiger partial charge is 0.329 e. The first-order chi connectivity index (χ1) is 13.1. The van der Waals surface area contributed by atoms with Gasteiger partial charge in [-0.25, -0.2) is 4.79 Å². The molecule has 1 atom stereocenters. The van der Waals surface area contributed by atoms with Crippen LogP contribution in [0.15, 0.2) is 30.3 Å². The molecule has 2 rings (SSSR count). The van der Waals surface area contributed by atoms with Crippen LogP contribution in [0.4, 0.5) is 0 Å². The maximum atomic E-state index is 12.2. The van der Waals surface area contributed by atoms with Crippen LogP contribution >= 0.6 is 0 Å². The third-order valence-electron chi connectivity index (χ3n) is 4.46. The SMILES string of the molecule is O=C(O)COCC#CCN1C(=O)CCC[C@@H]1CCC(=O)Cc1ccccc1. The minimum Gasteiger partial charge on any atom is -0.480 e. The first kappa shape index (κ1) is 20.7. The van der Waals surface area contributed by atoms with Gasteiger partial charge in [0.15, 0.2) is 0 Å². The molecular weight excluding hydrogens is 346 g/mol. The van der Waals surface area contributed by atoms with Crippen molar-refractivity contribution in [2.24, 2.45) is 0 Å². The maximum Gasteiger partial charge on any atom is 0.329 e. The average Bonchev–Trinajstić information content (AvgIpc) is 2.65. The monoisotopic (exact) mass is 371 g/mol. The van der Waals surface area contributed by atoms with E-state index in [4.69, 9.17) is 9.84 Å². The third-order valence-corrected chi connectivity index (χ3v) is 4.46. The minimum absolute atomic E-state index is 0.0224. The number of likely N-dealkylation sites (tertiary alicyclic amines) is 1. The van der Waals surface area contributed by atoms with Crippen molar-refractivity contribution in [2.75, 3.05) is 19.8 Å². The van der Waals surface area contributed by atoms with Crippen LogP contribution in [0.5, 0.6) is 0 Å². The van der Waals surface area contributed by atoms with Gasteiger partial charge in [0.1, 0.15) is 19.0 Å². The van der Waals surface area contributed by atoms with Crippen molar-refractivity contribution < 1.29 is 24.2 Å². The van der Waals surface area contributed by atoms with Gasteiger partial charge < -0.3 is 14.7 Å². The Morgan fingerprint density at radius 2 is 2.00 bits per heavy atom. The van der Waals surface area contributed by atoms with Crippen molar-refractivity contribution in [3.8, 4) is 11.8 Å². The molecule has 144 valence electrons. The first-order valence-electron chi connectivity index (χ1n) is 9.16. The highest BCUT2D eigenvalue weighted by Crippen LogP contribution is 2.22. The number of carbonyl (C=O) groups is 3. The molecule has 6 nitrogen and oxygen atoms in total. The van der Waals surface area contributed by atoms with Gasteiger partial charge in [0.2, 0.25) is 5.91 Å². The summed E-state index contributed by atoms with van der Waals surface area (Å²) in [5, 5.41) is 8.49. The molecule has 0 aliphatic carbocycles. The Hall–Kier alpha value is -2.65. The summed E-state index contributed by atoms with van der Waals surface area (Å²) in [7, 11) is 0. The number of amides is 1. The van der Waals surface area contributed by atoms with E-state index in [2.05, 4.69) is 11.8 Å². The number of aliphatic carboxylic acids is 1. The zero-order chi connectivity index (χ0) is 19.5. The second-order valence-corrected chi connectivity index (χ2v) is 6.55. The van der Waals surface area contributed by atoms with Crippen molar-refractivity contribution >= 4 is 17.7 Å². The molecule has 0 aromatic heterocycles. The van der Waals surface area contributed by atoms with Gasteiger partial charge in [0.25, 0.3) is 0 Å². The van der Waals surface area contributed by atoms with Gasteiger partial charge in [-0.1, -0.05) is 42.2 Å². The van der Waals surface area contributed by atoms with Crippen LogP contribution in [0.1, 0.15) is 37.7 Å². The molecule has 1 aliphatic rings. The molecule has 1 saturated heterocycles. The Kier molecular flexibility index (Phi) is 8.53. The molecule has 27 heavy (non-hydrogen) atoms. The standard InChI is InChI=1S/C21H25NO5/c23-19(15-17-7-2-1-3-8-17)12-11-18-9-6-10-20(24)22(18)13-4-5-14-27-16-21(25)26/h1-3,7-8,18H,6,9-16H2,(H,25,26)/t18-/m1/s1. The molecule has 0 radical (unpaired) electrons. The van der Waals surface area contributed by atoms with E-state index in [9.17, 15) is 14.4 Å². The molecule has 0 unspecified atom stereocenters. The Balaban J connectivity index is 1.80. The van der Waals surface area contributed by atoms with E-state index in [1.165, 1.54) is 0 Å². The van der Waals surface area contributed by atoms with Crippen molar-refractivity contribution in [1.82, 2.24) is 4.90 Å². The van der Waals surface area contributed by atoms with Crippen LogP contribution < -0.4 is 0 Å². The van der Waals surface area contributed by atoms with Gasteiger partial charge in [-0.3, -0.25) is 9.59 Å². The minimum atomic E-state index is -1.04. The van der Waals surface area contributed by atoms with E-state index in [0.29, 0.717) is 25.7 Å². The normalized spacial score (nSPS) is 16.5. The van der Waals surface area contributed by atoms with E-state index in [0.717, 1.165) is 18.4 Å². The summed E-state index contributed by atoms with van der Waals surface area (Å²) in [4.78, 5) is 36.5. The van der Waals surface area contributed by atoms with Gasteiger partial charge in [0, 0.05) is 25.3 Å². The van der Waals surface area contributed by atoms with Gasteiger partial charge >= 0.3 is 5.97 Å². The van der Waals surface area contributed by atoms with Crippen molar-refractivity contribution in [2.45, 2.75) is 44.6 Å². The van der Waals surface area contributed by atoms with Crippen LogP contribution in [0.2, 0.25) is 0 Å². The molecule has 1 aliphatic heterocycles. The summed E-state index contributed by atoms with van der Waals surface area (Å²) >= 11 is 0. The lowest BCUT2D eigenvalue weighted by atomic mass is 9.95. The van der Waals surface area contributed by atoms with Gasteiger partial charge in [-0.2, -0.15) is 0 Å². The number of carboxylic acid groups (broad SMARTS) is 1. The highest BCUT2D eigenvalue weighted by atomic mass is 16.5. The molecule has 1 aromatic carbocycles. The predicted octanol–water partition coefficient (Wildman–Crippen LogP) is 2.06. The molecule has 1 amide bonds. The molecule has 0 bridgehead atoms. The zero-order valence-corrected chi connectivity index (χ0v) is 15.4. The first-order valence-corrected chi connectivity index (χ1v) is 9.16. The van der Waals surface area contributed by atoms with Crippen LogP contribution in [-0.2, 0) is 25.5 Å². The van der Waals surface area contributed by atoms with E-state index in [-0.39, 0.29) is 37.5 Å². The summed E-state index contributed by atoms with van der Waals surface area (Å²) in [5.74, 6) is 4.79. The lowest BCUT2D eigenvalue weighted by Gasteiger charge is -2.34. The molecule has 1 aromatic rings. The number of piperidine rings is 1. The van der Waals surface area contributed by atoms with E-state index >= 15 is 0 Å². The van der Waals surface area contributed by atoms with Gasteiger partial charge in [0.05, 0.1) is 6.54 Å². The topological polar surface area (TPSA) is 83.9 Å². The number of Topliss-reactive ketones (excluding diaryl/α,β-unsaturated/α-hetero) is 1. The second-order valence-electron chi connectivity index (χ2n) is 6.55. The van der Waals surface area contributed by atoms with Gasteiger partial charge in [-0.05, 0) is 24.8 Å². The predicted molar refractivity (Wildman–Crippen MR) is 100.0 cm³/mol. The Morgan fingerprint density at radius 1 is 1.22 bits per heavy atom. The Labute approximate surface area is 159 Å². The quantitative estimate of drug-likeness (QED) is 0.531. The summed E-state index contributed by atoms with van der Waals surface area (Å²) in [6.07, 6.45) is 3.73. The number of benzene rings is 1. The highest BCUT2D eigenvalue weighted by molar-refractivity contribution is 5.81. The molecule has 1 fully saturated rings. The number of rotatable bonds is 9. The second kappa shape index (κ2) is 11.1. The number of carboxylic acids is 1. The van der Waals surface area contributed by atoms with Crippen molar-refractivity contribution in [1.29, 1.82) is 0 Å². The summed E-state index contributed by atoms with van der Waals surface area (Å²) < 4.78 is 4.85. The molecule has 0 saturated carbocycles. The maximum absolute atomic E-state index is 12.2. The third kappa shape index (κ3) is 7.63. The van der Waals surface area contributed by atoms with Gasteiger partial charge in [-0.15, -0.1) is 0 Å². The molecule has 6 heteroatoms. The Morgan fingerprint density at radius 3 is 2.74 bits per heavy atom. The van der Waals surface area contributed by atoms with E-state index < -0.39 is 5.97 Å². The Bertz CT molecular complexity index is 704. The number of ketones is 1. The lowest BCUT2D eigenvalue weighted by Crippen LogP contribution is -2.44. The van der Waals surface area contributed by atoms with Crippen molar-refractivity contribution in [3.63, 3.8) is 0 Å². The number of hydrogen-bond acceptors (Lipinski definition) is 4. The van der Waals surface area contributed by atoms with E-state index in [1.54, 1.807) is 4.90 Å². The van der Waals surface area contributed by atoms with Crippen LogP contribution in [0, 0.1) is 11.8 Å². The van der Waals surface area contributed by atoms with Crippen LogP contribution in [0.25, 0.3) is 0 Å². The fraction of sp³-hybridized carbons (Fsp3) is 0.476. The van der Waals surface area contributed by atoms with Crippen molar-refractivity contribution in [3.05, 3.63) is 35.9 Å². The number of hydrogen-bond donors (Lipinski definition) is 1. The number of nitrogens with zero attached hydrogens (tertiary/aromatic N) is 1. The number of carbonyl (C=O) groups excluding carboxylic acids is 2. The largest absolute Gasteiger partial charge is 0.480 e. The molecule has 1 N–H and O–H groups in total. The summed E-state index contributed by atoms with van der Waals surface area (Å²) in [6.45, 7) is -0.0785. The molecule has 0 spiro atoms. The van der Waals surface area contributed by atoms with Crippen LogP contribution in [0.3, 0.4) is 0 Å². The number of ether oxygens (including phenoxy) is 1. The van der Waals surface area contributed by atoms with Crippen LogP contribution in [-0.4, -0.2) is 53.5 Å². The van der Waals surface area contributed by atoms with E-state index in [1.807, 2.05) is 30.3 Å². The summed E-state index contributed by atoms with van der Waals surface area (Å²) in [5.41, 5.74) is 1.01. The zero-order valence-electron chi connectivity index (χ0n) is 15.4. The fourth-order valence-corrected chi connectivity index (χ4v) is 3.13. The fourth-order valence-electron chi connectivity index (χ4n) is 3.13. The molecule has 1 heterocycles. The highest BCUT2D eigenvalue weighted by Gasteiger charge is 2.27. The average molecular weight is 371 g/mol. The molecular formula is C21H25NO5. The summed E-state index contributed by atoms with van der Waals surface area (Å²) in [6, 6.07) is 9.67.